The maximum absolute atomic E-state index is 11.5. The molecule has 5 rings (SSSR count). The van der Waals surface area contributed by atoms with Crippen LogP contribution in [0, 0.1) is 0 Å². The third-order valence-corrected chi connectivity index (χ3v) is 7.73. The second kappa shape index (κ2) is 14.0. The van der Waals surface area contributed by atoms with Crippen LogP contribution in [-0.4, -0.2) is 39.6 Å². The Labute approximate surface area is 254 Å². The fourth-order valence-corrected chi connectivity index (χ4v) is 5.39. The average molecular weight is 573 g/mol. The van der Waals surface area contributed by atoms with Crippen molar-refractivity contribution < 1.29 is 9.90 Å². The topological polar surface area (TPSA) is 61.6 Å². The highest BCUT2D eigenvalue weighted by Gasteiger charge is 2.22. The molecule has 220 valence electrons. The van der Waals surface area contributed by atoms with E-state index in [4.69, 9.17) is 4.98 Å². The Morgan fingerprint density at radius 1 is 0.744 bits per heavy atom. The molecule has 0 spiro atoms. The van der Waals surface area contributed by atoms with Gasteiger partial charge in [0.2, 0.25) is 0 Å². The maximum atomic E-state index is 11.5. The Morgan fingerprint density at radius 2 is 1.30 bits per heavy atom. The predicted molar refractivity (Wildman–Crippen MR) is 175 cm³/mol. The van der Waals surface area contributed by atoms with Crippen molar-refractivity contribution in [2.75, 3.05) is 19.0 Å². The standard InChI is InChI=1S/C37H40N4O2/c1-4-5-24-41-34(35(30-12-8-6-9-13-30)38-36(41)31-14-10-7-11-15-31)27-40(25-28-16-20-32(21-17-28)37(42)43)26-29-18-22-33(23-19-29)39(2)3/h6-23H,4-5,24-27H2,1-3H3,(H,42,43). The lowest BCUT2D eigenvalue weighted by Gasteiger charge is -2.25. The fraction of sp³-hybridized carbons (Fsp3) is 0.243. The summed E-state index contributed by atoms with van der Waals surface area (Å²) < 4.78 is 2.41. The first-order valence-corrected chi connectivity index (χ1v) is 14.9. The van der Waals surface area contributed by atoms with E-state index in [0.717, 1.165) is 59.8 Å². The predicted octanol–water partition coefficient (Wildman–Crippen LogP) is 7.98. The van der Waals surface area contributed by atoms with Crippen LogP contribution < -0.4 is 4.90 Å². The number of rotatable bonds is 13. The van der Waals surface area contributed by atoms with Crippen LogP contribution in [0.4, 0.5) is 5.69 Å². The fourth-order valence-electron chi connectivity index (χ4n) is 5.39. The molecule has 0 saturated carbocycles. The van der Waals surface area contributed by atoms with Gasteiger partial charge < -0.3 is 14.6 Å². The van der Waals surface area contributed by atoms with E-state index < -0.39 is 5.97 Å². The zero-order valence-corrected chi connectivity index (χ0v) is 25.3. The Bertz CT molecular complexity index is 1610. The molecule has 0 amide bonds. The summed E-state index contributed by atoms with van der Waals surface area (Å²) in [6.07, 6.45) is 2.14. The summed E-state index contributed by atoms with van der Waals surface area (Å²) in [5.41, 5.74) is 8.15. The van der Waals surface area contributed by atoms with Crippen LogP contribution in [-0.2, 0) is 26.2 Å². The molecule has 5 aromatic rings. The molecule has 0 radical (unpaired) electrons. The monoisotopic (exact) mass is 572 g/mol. The van der Waals surface area contributed by atoms with Crippen LogP contribution in [0.2, 0.25) is 0 Å². The van der Waals surface area contributed by atoms with Crippen molar-refractivity contribution in [2.24, 2.45) is 0 Å². The number of carboxylic acids is 1. The van der Waals surface area contributed by atoms with E-state index >= 15 is 0 Å². The molecule has 0 fully saturated rings. The van der Waals surface area contributed by atoms with Gasteiger partial charge in [0, 0.05) is 57.1 Å². The van der Waals surface area contributed by atoms with Crippen LogP contribution in [0.15, 0.2) is 109 Å². The van der Waals surface area contributed by atoms with Crippen molar-refractivity contribution in [1.29, 1.82) is 0 Å². The summed E-state index contributed by atoms with van der Waals surface area (Å²) in [4.78, 5) is 21.3. The van der Waals surface area contributed by atoms with E-state index in [0.29, 0.717) is 18.7 Å². The zero-order chi connectivity index (χ0) is 30.2. The van der Waals surface area contributed by atoms with Crippen LogP contribution in [0.25, 0.3) is 22.6 Å². The first kappa shape index (κ1) is 29.8. The molecular weight excluding hydrogens is 532 g/mol. The van der Waals surface area contributed by atoms with E-state index in [1.165, 1.54) is 11.3 Å². The highest BCUT2D eigenvalue weighted by Crippen LogP contribution is 2.32. The smallest absolute Gasteiger partial charge is 0.335 e. The molecule has 1 heterocycles. The average Bonchev–Trinajstić information content (AvgIpc) is 3.39. The summed E-state index contributed by atoms with van der Waals surface area (Å²) in [5.74, 6) is 0.0779. The second-order valence-electron chi connectivity index (χ2n) is 11.2. The normalized spacial score (nSPS) is 11.2. The molecule has 1 N–H and O–H groups in total. The highest BCUT2D eigenvalue weighted by molar-refractivity contribution is 5.87. The van der Waals surface area contributed by atoms with Gasteiger partial charge in [0.15, 0.2) is 0 Å². The lowest BCUT2D eigenvalue weighted by Crippen LogP contribution is -2.24. The van der Waals surface area contributed by atoms with Gasteiger partial charge >= 0.3 is 5.97 Å². The number of hydrogen-bond donors (Lipinski definition) is 1. The van der Waals surface area contributed by atoms with Crippen molar-refractivity contribution in [3.63, 3.8) is 0 Å². The van der Waals surface area contributed by atoms with Gasteiger partial charge in [-0.1, -0.05) is 98.3 Å². The first-order chi connectivity index (χ1) is 20.9. The van der Waals surface area contributed by atoms with E-state index in [-0.39, 0.29) is 0 Å². The molecule has 0 saturated heterocycles. The number of imidazole rings is 1. The van der Waals surface area contributed by atoms with Gasteiger partial charge in [-0.25, -0.2) is 9.78 Å². The van der Waals surface area contributed by atoms with Crippen molar-refractivity contribution in [3.8, 4) is 22.6 Å². The number of aromatic carboxylic acids is 1. The summed E-state index contributed by atoms with van der Waals surface area (Å²) in [7, 11) is 4.10. The largest absolute Gasteiger partial charge is 0.478 e. The maximum Gasteiger partial charge on any atom is 0.335 e. The zero-order valence-electron chi connectivity index (χ0n) is 25.3. The Morgan fingerprint density at radius 3 is 1.84 bits per heavy atom. The quantitative estimate of drug-likeness (QED) is 0.155. The van der Waals surface area contributed by atoms with Crippen molar-refractivity contribution >= 4 is 11.7 Å². The van der Waals surface area contributed by atoms with Gasteiger partial charge in [0.05, 0.1) is 17.0 Å². The second-order valence-corrected chi connectivity index (χ2v) is 11.2. The lowest BCUT2D eigenvalue weighted by atomic mass is 10.1. The molecule has 6 heteroatoms. The number of unbranched alkanes of at least 4 members (excludes halogenated alkanes) is 1. The van der Waals surface area contributed by atoms with Crippen LogP contribution in [0.3, 0.4) is 0 Å². The van der Waals surface area contributed by atoms with Crippen molar-refractivity contribution in [1.82, 2.24) is 14.5 Å². The Hall–Kier alpha value is -4.68. The minimum absolute atomic E-state index is 0.297. The number of nitrogens with zero attached hydrogens (tertiary/aromatic N) is 4. The lowest BCUT2D eigenvalue weighted by molar-refractivity contribution is 0.0697. The van der Waals surface area contributed by atoms with E-state index in [1.54, 1.807) is 12.1 Å². The number of anilines is 1. The van der Waals surface area contributed by atoms with E-state index in [1.807, 2.05) is 24.3 Å². The molecular formula is C37H40N4O2. The van der Waals surface area contributed by atoms with Gasteiger partial charge in [-0.3, -0.25) is 4.90 Å². The molecule has 0 bridgehead atoms. The molecule has 4 aromatic carbocycles. The number of carbonyl (C=O) groups is 1. The van der Waals surface area contributed by atoms with E-state index in [2.05, 4.69) is 108 Å². The van der Waals surface area contributed by atoms with Crippen LogP contribution in [0.5, 0.6) is 0 Å². The molecule has 0 aliphatic carbocycles. The summed E-state index contributed by atoms with van der Waals surface area (Å²) in [6.45, 7) is 5.20. The SMILES string of the molecule is CCCCn1c(-c2ccccc2)nc(-c2ccccc2)c1CN(Cc1ccc(C(=O)O)cc1)Cc1ccc(N(C)C)cc1. The third kappa shape index (κ3) is 7.40. The number of carboxylic acid groups (broad SMARTS) is 1. The van der Waals surface area contributed by atoms with Gasteiger partial charge in [-0.2, -0.15) is 0 Å². The summed E-state index contributed by atoms with van der Waals surface area (Å²) in [6, 6.07) is 36.8. The van der Waals surface area contributed by atoms with Crippen molar-refractivity contribution in [2.45, 2.75) is 45.9 Å². The number of aromatic nitrogens is 2. The molecule has 0 aliphatic heterocycles. The van der Waals surface area contributed by atoms with Crippen molar-refractivity contribution in [3.05, 3.63) is 132 Å². The molecule has 6 nitrogen and oxygen atoms in total. The molecule has 0 aliphatic rings. The number of hydrogen-bond acceptors (Lipinski definition) is 4. The Balaban J connectivity index is 1.58. The van der Waals surface area contributed by atoms with E-state index in [9.17, 15) is 9.90 Å². The van der Waals surface area contributed by atoms with Gasteiger partial charge in [0.25, 0.3) is 0 Å². The van der Waals surface area contributed by atoms with Crippen LogP contribution in [0.1, 0.15) is 46.9 Å². The minimum atomic E-state index is -0.912. The molecule has 0 unspecified atom stereocenters. The molecule has 1 aromatic heterocycles. The molecule has 43 heavy (non-hydrogen) atoms. The van der Waals surface area contributed by atoms with Gasteiger partial charge in [-0.05, 0) is 41.8 Å². The Kier molecular flexibility index (Phi) is 9.70. The molecule has 0 atom stereocenters. The highest BCUT2D eigenvalue weighted by atomic mass is 16.4. The number of benzene rings is 4. The third-order valence-electron chi connectivity index (χ3n) is 7.73. The van der Waals surface area contributed by atoms with Crippen LogP contribution >= 0.6 is 0 Å². The van der Waals surface area contributed by atoms with Gasteiger partial charge in [0.1, 0.15) is 5.82 Å². The first-order valence-electron chi connectivity index (χ1n) is 14.9. The minimum Gasteiger partial charge on any atom is -0.478 e. The summed E-state index contributed by atoms with van der Waals surface area (Å²) in [5, 5.41) is 9.42. The summed E-state index contributed by atoms with van der Waals surface area (Å²) >= 11 is 0. The van der Waals surface area contributed by atoms with Gasteiger partial charge in [-0.15, -0.1) is 0 Å².